The van der Waals surface area contributed by atoms with Gasteiger partial charge in [-0.3, -0.25) is 0 Å². The second-order valence-corrected chi connectivity index (χ2v) is 5.26. The molecule has 19 heavy (non-hydrogen) atoms. The van der Waals surface area contributed by atoms with E-state index in [1.54, 1.807) is 18.2 Å². The van der Waals surface area contributed by atoms with Gasteiger partial charge in [-0.15, -0.1) is 0 Å². The van der Waals surface area contributed by atoms with Crippen LogP contribution in [-0.2, 0) is 0 Å². The molecular formula is C13H14Cl2N4. The average molecular weight is 297 g/mol. The van der Waals surface area contributed by atoms with Crippen LogP contribution in [0.2, 0.25) is 10.0 Å². The van der Waals surface area contributed by atoms with Gasteiger partial charge in [0.2, 0.25) is 0 Å². The Morgan fingerprint density at radius 3 is 2.47 bits per heavy atom. The van der Waals surface area contributed by atoms with Gasteiger partial charge in [-0.2, -0.15) is 0 Å². The molecule has 0 fully saturated rings. The standard InChI is InChI=1S/C13H14Cl2N4/c1-7(2)13-18-11(16)6-12(19-13)17-8-3-4-9(14)10(15)5-8/h3-7H,1-2H3,(H3,16,17,18,19). The zero-order valence-corrected chi connectivity index (χ0v) is 12.1. The molecule has 1 aromatic heterocycles. The Morgan fingerprint density at radius 2 is 1.84 bits per heavy atom. The van der Waals surface area contributed by atoms with Crippen LogP contribution < -0.4 is 11.1 Å². The largest absolute Gasteiger partial charge is 0.384 e. The summed E-state index contributed by atoms with van der Waals surface area (Å²) in [6.45, 7) is 4.02. The quantitative estimate of drug-likeness (QED) is 0.889. The molecule has 100 valence electrons. The zero-order chi connectivity index (χ0) is 14.0. The summed E-state index contributed by atoms with van der Waals surface area (Å²) in [6.07, 6.45) is 0. The fourth-order valence-corrected chi connectivity index (χ4v) is 1.83. The first-order valence-electron chi connectivity index (χ1n) is 5.82. The molecule has 3 N–H and O–H groups in total. The Morgan fingerprint density at radius 1 is 1.11 bits per heavy atom. The molecule has 0 atom stereocenters. The van der Waals surface area contributed by atoms with Crippen LogP contribution in [0.3, 0.4) is 0 Å². The van der Waals surface area contributed by atoms with Crippen molar-refractivity contribution >= 4 is 40.5 Å². The molecule has 2 aromatic rings. The molecule has 2 rings (SSSR count). The predicted molar refractivity (Wildman–Crippen MR) is 80.3 cm³/mol. The van der Waals surface area contributed by atoms with E-state index in [0.717, 1.165) is 5.69 Å². The van der Waals surface area contributed by atoms with Crippen LogP contribution in [0.1, 0.15) is 25.6 Å². The van der Waals surface area contributed by atoms with Gasteiger partial charge in [0.1, 0.15) is 17.5 Å². The van der Waals surface area contributed by atoms with E-state index in [2.05, 4.69) is 15.3 Å². The molecule has 0 aliphatic rings. The lowest BCUT2D eigenvalue weighted by molar-refractivity contribution is 0.779. The van der Waals surface area contributed by atoms with E-state index in [-0.39, 0.29) is 5.92 Å². The predicted octanol–water partition coefficient (Wildman–Crippen LogP) is 4.23. The first kappa shape index (κ1) is 13.9. The third kappa shape index (κ3) is 3.49. The number of nitrogen functional groups attached to an aromatic ring is 1. The van der Waals surface area contributed by atoms with Crippen molar-refractivity contribution in [2.24, 2.45) is 0 Å². The minimum absolute atomic E-state index is 0.206. The second-order valence-electron chi connectivity index (χ2n) is 4.44. The number of nitrogens with one attached hydrogen (secondary N) is 1. The van der Waals surface area contributed by atoms with Crippen molar-refractivity contribution in [2.45, 2.75) is 19.8 Å². The molecule has 4 nitrogen and oxygen atoms in total. The van der Waals surface area contributed by atoms with E-state index in [0.29, 0.717) is 27.5 Å². The van der Waals surface area contributed by atoms with Gasteiger partial charge < -0.3 is 11.1 Å². The van der Waals surface area contributed by atoms with Crippen molar-refractivity contribution in [2.75, 3.05) is 11.1 Å². The molecule has 0 aliphatic heterocycles. The normalized spacial score (nSPS) is 10.8. The third-order valence-electron chi connectivity index (χ3n) is 2.47. The second kappa shape index (κ2) is 5.63. The molecule has 0 spiro atoms. The summed E-state index contributed by atoms with van der Waals surface area (Å²) in [5.74, 6) is 1.97. The van der Waals surface area contributed by atoms with Gasteiger partial charge >= 0.3 is 0 Å². The number of nitrogens with two attached hydrogens (primary N) is 1. The minimum atomic E-state index is 0.206. The summed E-state index contributed by atoms with van der Waals surface area (Å²) in [5.41, 5.74) is 6.56. The Balaban J connectivity index is 2.29. The average Bonchev–Trinajstić information content (AvgIpc) is 2.33. The topological polar surface area (TPSA) is 63.8 Å². The van der Waals surface area contributed by atoms with Gasteiger partial charge in [0.05, 0.1) is 10.0 Å². The minimum Gasteiger partial charge on any atom is -0.384 e. The fraction of sp³-hybridized carbons (Fsp3) is 0.231. The van der Waals surface area contributed by atoms with Crippen LogP contribution in [0.25, 0.3) is 0 Å². The molecule has 1 aromatic carbocycles. The maximum Gasteiger partial charge on any atom is 0.136 e. The molecule has 6 heteroatoms. The molecular weight excluding hydrogens is 283 g/mol. The summed E-state index contributed by atoms with van der Waals surface area (Å²) >= 11 is 11.8. The highest BCUT2D eigenvalue weighted by Crippen LogP contribution is 2.27. The van der Waals surface area contributed by atoms with Crippen LogP contribution in [0.4, 0.5) is 17.3 Å². The molecule has 0 amide bonds. The van der Waals surface area contributed by atoms with E-state index in [4.69, 9.17) is 28.9 Å². The lowest BCUT2D eigenvalue weighted by atomic mass is 10.2. The van der Waals surface area contributed by atoms with E-state index in [1.165, 1.54) is 0 Å². The molecule has 0 bridgehead atoms. The van der Waals surface area contributed by atoms with Crippen molar-refractivity contribution in [3.8, 4) is 0 Å². The molecule has 0 saturated carbocycles. The van der Waals surface area contributed by atoms with Crippen LogP contribution in [0.15, 0.2) is 24.3 Å². The maximum absolute atomic E-state index is 5.96. The number of anilines is 3. The number of benzene rings is 1. The summed E-state index contributed by atoms with van der Waals surface area (Å²) in [7, 11) is 0. The SMILES string of the molecule is CC(C)c1nc(N)cc(Nc2ccc(Cl)c(Cl)c2)n1. The third-order valence-corrected chi connectivity index (χ3v) is 3.21. The Hall–Kier alpha value is -1.52. The lowest BCUT2D eigenvalue weighted by Gasteiger charge is -2.10. The fourth-order valence-electron chi connectivity index (χ4n) is 1.53. The summed E-state index contributed by atoms with van der Waals surface area (Å²) in [6, 6.07) is 6.95. The Bertz CT molecular complexity index is 599. The highest BCUT2D eigenvalue weighted by atomic mass is 35.5. The summed E-state index contributed by atoms with van der Waals surface area (Å²) in [4.78, 5) is 8.59. The van der Waals surface area contributed by atoms with Gasteiger partial charge in [0, 0.05) is 17.7 Å². The highest BCUT2D eigenvalue weighted by molar-refractivity contribution is 6.42. The summed E-state index contributed by atoms with van der Waals surface area (Å²) in [5, 5.41) is 4.13. The number of aromatic nitrogens is 2. The van der Waals surface area contributed by atoms with Crippen LogP contribution in [0.5, 0.6) is 0 Å². The zero-order valence-electron chi connectivity index (χ0n) is 10.6. The lowest BCUT2D eigenvalue weighted by Crippen LogP contribution is -2.04. The van der Waals surface area contributed by atoms with E-state index in [9.17, 15) is 0 Å². The van der Waals surface area contributed by atoms with E-state index < -0.39 is 0 Å². The number of hydrogen-bond acceptors (Lipinski definition) is 4. The van der Waals surface area contributed by atoms with Crippen LogP contribution >= 0.6 is 23.2 Å². The summed E-state index contributed by atoms with van der Waals surface area (Å²) < 4.78 is 0. The van der Waals surface area contributed by atoms with Crippen molar-refractivity contribution in [1.29, 1.82) is 0 Å². The smallest absolute Gasteiger partial charge is 0.136 e. The first-order valence-corrected chi connectivity index (χ1v) is 6.58. The van der Waals surface area contributed by atoms with Gasteiger partial charge in [-0.05, 0) is 18.2 Å². The maximum atomic E-state index is 5.96. The van der Waals surface area contributed by atoms with Gasteiger partial charge in [-0.25, -0.2) is 9.97 Å². The molecule has 1 heterocycles. The van der Waals surface area contributed by atoms with Crippen molar-refractivity contribution in [3.63, 3.8) is 0 Å². The van der Waals surface area contributed by atoms with Gasteiger partial charge in [-0.1, -0.05) is 37.0 Å². The molecule has 0 radical (unpaired) electrons. The van der Waals surface area contributed by atoms with Gasteiger partial charge in [0.25, 0.3) is 0 Å². The molecule has 0 aliphatic carbocycles. The van der Waals surface area contributed by atoms with E-state index >= 15 is 0 Å². The Labute approximate surface area is 122 Å². The number of halogens is 2. The Kier molecular flexibility index (Phi) is 4.12. The van der Waals surface area contributed by atoms with Crippen molar-refractivity contribution < 1.29 is 0 Å². The van der Waals surface area contributed by atoms with E-state index in [1.807, 2.05) is 19.9 Å². The van der Waals surface area contributed by atoms with Crippen molar-refractivity contribution in [3.05, 3.63) is 40.1 Å². The number of hydrogen-bond donors (Lipinski definition) is 2. The number of nitrogens with zero attached hydrogens (tertiary/aromatic N) is 2. The highest BCUT2D eigenvalue weighted by Gasteiger charge is 2.07. The van der Waals surface area contributed by atoms with Crippen molar-refractivity contribution in [1.82, 2.24) is 9.97 Å². The van der Waals surface area contributed by atoms with Gasteiger partial charge in [0.15, 0.2) is 0 Å². The van der Waals surface area contributed by atoms with Crippen LogP contribution in [0, 0.1) is 0 Å². The monoisotopic (exact) mass is 296 g/mol. The number of rotatable bonds is 3. The molecule has 0 saturated heterocycles. The first-order chi connectivity index (χ1) is 8.95. The molecule has 0 unspecified atom stereocenters. The van der Waals surface area contributed by atoms with Crippen LogP contribution in [-0.4, -0.2) is 9.97 Å².